The lowest BCUT2D eigenvalue weighted by Gasteiger charge is -2.29. The van der Waals surface area contributed by atoms with E-state index in [1.54, 1.807) is 0 Å². The van der Waals surface area contributed by atoms with E-state index in [2.05, 4.69) is 12.2 Å². The highest BCUT2D eigenvalue weighted by atomic mass is 35.5. The molecule has 0 aliphatic heterocycles. The molecule has 1 nitrogen and oxygen atoms in total. The van der Waals surface area contributed by atoms with E-state index in [1.807, 2.05) is 18.2 Å². The minimum atomic E-state index is 0.593. The van der Waals surface area contributed by atoms with Gasteiger partial charge < -0.3 is 5.32 Å². The zero-order valence-corrected chi connectivity index (χ0v) is 12.4. The van der Waals surface area contributed by atoms with E-state index in [0.29, 0.717) is 16.1 Å². The van der Waals surface area contributed by atoms with Gasteiger partial charge in [0.05, 0.1) is 10.0 Å². The second-order valence-electron chi connectivity index (χ2n) is 5.28. The van der Waals surface area contributed by atoms with E-state index in [4.69, 9.17) is 23.2 Å². The van der Waals surface area contributed by atoms with Gasteiger partial charge in [0, 0.05) is 11.7 Å². The first-order valence-electron chi connectivity index (χ1n) is 6.90. The van der Waals surface area contributed by atoms with Crippen LogP contribution in [0.25, 0.3) is 0 Å². The summed E-state index contributed by atoms with van der Waals surface area (Å²) in [5.41, 5.74) is 1.09. The van der Waals surface area contributed by atoms with Crippen LogP contribution in [0.4, 0.5) is 5.69 Å². The molecule has 3 heteroatoms. The molecule has 0 aromatic heterocycles. The molecule has 0 atom stereocenters. The fourth-order valence-corrected chi connectivity index (χ4v) is 3.12. The average Bonchev–Trinajstić information content (AvgIpc) is 2.37. The molecule has 100 valence electrons. The predicted octanol–water partition coefficient (Wildman–Crippen LogP) is 5.76. The van der Waals surface area contributed by atoms with Crippen LogP contribution in [0.2, 0.25) is 10.0 Å². The van der Waals surface area contributed by atoms with Crippen molar-refractivity contribution >= 4 is 28.9 Å². The van der Waals surface area contributed by atoms with Crippen molar-refractivity contribution < 1.29 is 0 Å². The molecule has 1 aromatic carbocycles. The molecule has 1 saturated carbocycles. The van der Waals surface area contributed by atoms with Gasteiger partial charge in [0.25, 0.3) is 0 Å². The first-order valence-corrected chi connectivity index (χ1v) is 7.66. The Morgan fingerprint density at radius 1 is 1.11 bits per heavy atom. The topological polar surface area (TPSA) is 12.0 Å². The molecule has 0 spiro atoms. The van der Waals surface area contributed by atoms with Crippen molar-refractivity contribution in [3.63, 3.8) is 0 Å². The summed E-state index contributed by atoms with van der Waals surface area (Å²) in [5.74, 6) is 0.946. The summed E-state index contributed by atoms with van der Waals surface area (Å²) in [6.07, 6.45) is 7.95. The molecule has 18 heavy (non-hydrogen) atoms. The molecule has 1 N–H and O–H groups in total. The summed E-state index contributed by atoms with van der Waals surface area (Å²) in [7, 11) is 0. The van der Waals surface area contributed by atoms with Crippen molar-refractivity contribution in [1.29, 1.82) is 0 Å². The molecule has 0 saturated heterocycles. The Kier molecular flexibility index (Phi) is 5.20. The average molecular weight is 286 g/mol. The second kappa shape index (κ2) is 6.68. The standard InChI is InChI=1S/C15H21Cl2N/c1-2-3-11-4-6-12(7-5-11)18-13-8-9-14(16)15(17)10-13/h8-12,18H,2-7H2,1H3. The monoisotopic (exact) mass is 285 g/mol. The number of rotatable bonds is 4. The predicted molar refractivity (Wildman–Crippen MR) is 80.7 cm³/mol. The van der Waals surface area contributed by atoms with Crippen molar-refractivity contribution in [2.75, 3.05) is 5.32 Å². The Hall–Kier alpha value is -0.400. The lowest BCUT2D eigenvalue weighted by atomic mass is 9.83. The molecule has 1 aliphatic carbocycles. The zero-order chi connectivity index (χ0) is 13.0. The molecule has 0 radical (unpaired) electrons. The van der Waals surface area contributed by atoms with Crippen LogP contribution in [0.3, 0.4) is 0 Å². The van der Waals surface area contributed by atoms with Gasteiger partial charge in [0.1, 0.15) is 0 Å². The van der Waals surface area contributed by atoms with Crippen LogP contribution < -0.4 is 5.32 Å². The quantitative estimate of drug-likeness (QED) is 0.741. The van der Waals surface area contributed by atoms with Crippen molar-refractivity contribution in [2.24, 2.45) is 5.92 Å². The summed E-state index contributed by atoms with van der Waals surface area (Å²) in [4.78, 5) is 0. The van der Waals surface area contributed by atoms with Crippen LogP contribution in [0.5, 0.6) is 0 Å². The van der Waals surface area contributed by atoms with Crippen LogP contribution in [0.15, 0.2) is 18.2 Å². The van der Waals surface area contributed by atoms with Crippen molar-refractivity contribution in [3.8, 4) is 0 Å². The number of nitrogens with one attached hydrogen (secondary N) is 1. The van der Waals surface area contributed by atoms with Gasteiger partial charge in [0.2, 0.25) is 0 Å². The van der Waals surface area contributed by atoms with E-state index in [9.17, 15) is 0 Å². The maximum atomic E-state index is 6.02. The van der Waals surface area contributed by atoms with Crippen LogP contribution >= 0.6 is 23.2 Å². The summed E-state index contributed by atoms with van der Waals surface area (Å²) in [5, 5.41) is 4.81. The minimum Gasteiger partial charge on any atom is -0.382 e. The smallest absolute Gasteiger partial charge is 0.0612 e. The van der Waals surface area contributed by atoms with Crippen LogP contribution in [0.1, 0.15) is 45.4 Å². The minimum absolute atomic E-state index is 0.593. The number of hydrogen-bond donors (Lipinski definition) is 1. The first kappa shape index (κ1) is 14.0. The lowest BCUT2D eigenvalue weighted by Crippen LogP contribution is -2.26. The highest BCUT2D eigenvalue weighted by molar-refractivity contribution is 6.42. The molecule has 1 aromatic rings. The van der Waals surface area contributed by atoms with Gasteiger partial charge in [-0.2, -0.15) is 0 Å². The molecule has 0 bridgehead atoms. The van der Waals surface area contributed by atoms with E-state index in [1.165, 1.54) is 38.5 Å². The molecule has 0 unspecified atom stereocenters. The van der Waals surface area contributed by atoms with Crippen LogP contribution in [0, 0.1) is 5.92 Å². The number of anilines is 1. The van der Waals surface area contributed by atoms with Crippen molar-refractivity contribution in [3.05, 3.63) is 28.2 Å². The number of benzene rings is 1. The van der Waals surface area contributed by atoms with E-state index >= 15 is 0 Å². The SMILES string of the molecule is CCCC1CCC(Nc2ccc(Cl)c(Cl)c2)CC1. The highest BCUT2D eigenvalue weighted by Crippen LogP contribution is 2.31. The second-order valence-corrected chi connectivity index (χ2v) is 6.09. The largest absolute Gasteiger partial charge is 0.382 e. The van der Waals surface area contributed by atoms with E-state index < -0.39 is 0 Å². The Labute approximate surface area is 120 Å². The zero-order valence-electron chi connectivity index (χ0n) is 10.9. The molecule has 0 amide bonds. The Balaban J connectivity index is 1.85. The Bertz CT molecular complexity index is 384. The van der Waals surface area contributed by atoms with Crippen molar-refractivity contribution in [2.45, 2.75) is 51.5 Å². The molecule has 0 heterocycles. The summed E-state index contributed by atoms with van der Waals surface area (Å²) < 4.78 is 0. The third kappa shape index (κ3) is 3.80. The van der Waals surface area contributed by atoms with E-state index in [-0.39, 0.29) is 0 Å². The van der Waals surface area contributed by atoms with Gasteiger partial charge in [-0.25, -0.2) is 0 Å². The van der Waals surface area contributed by atoms with Crippen LogP contribution in [-0.4, -0.2) is 6.04 Å². The van der Waals surface area contributed by atoms with Gasteiger partial charge in [-0.05, 0) is 49.8 Å². The number of hydrogen-bond acceptors (Lipinski definition) is 1. The van der Waals surface area contributed by atoms with Crippen LogP contribution in [-0.2, 0) is 0 Å². The lowest BCUT2D eigenvalue weighted by molar-refractivity contribution is 0.319. The third-order valence-corrected chi connectivity index (χ3v) is 4.57. The molecule has 1 aliphatic rings. The Morgan fingerprint density at radius 2 is 1.83 bits per heavy atom. The maximum Gasteiger partial charge on any atom is 0.0612 e. The fraction of sp³-hybridized carbons (Fsp3) is 0.600. The summed E-state index contributed by atoms with van der Waals surface area (Å²) in [6.45, 7) is 2.28. The first-order chi connectivity index (χ1) is 8.69. The third-order valence-electron chi connectivity index (χ3n) is 3.83. The van der Waals surface area contributed by atoms with Gasteiger partial charge in [-0.15, -0.1) is 0 Å². The van der Waals surface area contributed by atoms with Gasteiger partial charge in [-0.1, -0.05) is 43.0 Å². The van der Waals surface area contributed by atoms with Gasteiger partial charge >= 0.3 is 0 Å². The normalized spacial score (nSPS) is 23.9. The molecular formula is C15H21Cl2N. The van der Waals surface area contributed by atoms with Gasteiger partial charge in [-0.3, -0.25) is 0 Å². The fourth-order valence-electron chi connectivity index (χ4n) is 2.83. The maximum absolute atomic E-state index is 6.02. The Morgan fingerprint density at radius 3 is 2.44 bits per heavy atom. The molecule has 2 rings (SSSR count). The molecule has 1 fully saturated rings. The summed E-state index contributed by atoms with van der Waals surface area (Å²) >= 11 is 11.9. The number of halogens is 2. The van der Waals surface area contributed by atoms with E-state index in [0.717, 1.165) is 11.6 Å². The van der Waals surface area contributed by atoms with Crippen molar-refractivity contribution in [1.82, 2.24) is 0 Å². The van der Waals surface area contributed by atoms with Gasteiger partial charge in [0.15, 0.2) is 0 Å². The summed E-state index contributed by atoms with van der Waals surface area (Å²) in [6, 6.07) is 6.37. The highest BCUT2D eigenvalue weighted by Gasteiger charge is 2.20. The molecular weight excluding hydrogens is 265 g/mol.